The standard InChI is InChI=1S/3C10H18N6.C10H17N5S.4C9H16N6.C8H14N6/c1-13-9(11)15-10(12)16(2)7-5-8-4-3-6-14-8;1-15(10(13)16(2)9(11)12)7-5-8-4-3-6-14-8;1-13-10(15-9(11)12)16(2)7-5-8-4-3-6-14-8;1-7-5-16-6-8(7)4-13-9(11)14-10(12)15(2)3;1-12-8(10)15-9(11)14-6-4-7-3-2-5-13-7;1-15(9(12)14-8(10)11)6-4-7-3-2-5-13-7;1-15(8(10)11)9(12)14-6-4-7-3-2-5-13-7;1-12-9(15-8(10)11)14-6-4-7-3-2-5-13-7;9-7(10)14-8(11)13-5-3-6-2-1-4-12-6/h3-4,6,14H,5,7H2,1-2H3,(H4,11,12,13,15);3-4,6,13-14H,5,7H2,1-2H3,(H3,11,12);3-4,6,14H,5,7H2,1-2H3,(H4,11,12,13,15);5-6H,4H2,1-3H3,(H4,11,12,13,14);2-3,5,13H,4,6H2,1H3,(H5,10,11,12,14,15);2-3,5,13H,4,6H2,1H3,(H5,10,11,12,14);2-3,5,13H,4,6H2,1H3,(H3,10,11)(H2,12,14);2-3,5,13H,4,6H2,1H3,(H5,10,11,12,14,15);1-2,4,12H,3,5H2,(H6,9,10,11,13,14). The van der Waals surface area contributed by atoms with Crippen LogP contribution in [0.5, 0.6) is 0 Å². The number of rotatable bonds is 26. The molecule has 0 unspecified atom stereocenters. The molecule has 9 aromatic heterocycles. The summed E-state index contributed by atoms with van der Waals surface area (Å²) in [6.07, 6.45) is 21.7. The molecule has 50 N–H and O–H groups in total. The van der Waals surface area contributed by atoms with Crippen LogP contribution < -0.4 is 114 Å². The lowest BCUT2D eigenvalue weighted by molar-refractivity contribution is 0.447. The summed E-state index contributed by atoms with van der Waals surface area (Å²) < 4.78 is 0. The molecule has 0 radical (unpaired) electrons. The van der Waals surface area contributed by atoms with Gasteiger partial charge in [0, 0.05) is 283 Å². The number of guanidine groups is 18. The quantitative estimate of drug-likeness (QED) is 0.0203. The number of likely N-dealkylation sites (N-methyl/N-ethyl adjacent to an activating group) is 4. The first-order valence-electron chi connectivity index (χ1n) is 42.6. The monoisotopic (exact) mass is 1930 g/mol. The third-order valence-corrected chi connectivity index (χ3v) is 18.9. The lowest BCUT2D eigenvalue weighted by Gasteiger charge is -2.26. The highest BCUT2D eigenvalue weighted by molar-refractivity contribution is 7.08. The lowest BCUT2D eigenvalue weighted by atomic mass is 10.2. The maximum absolute atomic E-state index is 7.78. The predicted octanol–water partition coefficient (Wildman–Crippen LogP) is -2.16. The maximum atomic E-state index is 7.78. The number of aromatic nitrogens is 8. The molecule has 0 saturated carbocycles. The fraction of sp³-hybridized carbons (Fsp3) is 0.357. The summed E-state index contributed by atoms with van der Waals surface area (Å²) in [6, 6.07) is 31.7. The molecule has 0 aliphatic carbocycles. The molecule has 0 fully saturated rings. The number of hydrogen-bond acceptors (Lipinski definition) is 13. The summed E-state index contributed by atoms with van der Waals surface area (Å²) in [6.45, 7) is 8.03. The Hall–Kier alpha value is -17.4. The van der Waals surface area contributed by atoms with Crippen molar-refractivity contribution < 1.29 is 0 Å². The zero-order valence-electron chi connectivity index (χ0n) is 81.2. The van der Waals surface area contributed by atoms with E-state index in [1.807, 2.05) is 178 Å². The first-order chi connectivity index (χ1) is 65.6. The van der Waals surface area contributed by atoms with Crippen molar-refractivity contribution in [3.05, 3.63) is 214 Å². The lowest BCUT2D eigenvalue weighted by Crippen LogP contribution is -2.46. The van der Waals surface area contributed by atoms with Crippen molar-refractivity contribution in [2.45, 2.75) is 64.8 Å². The first-order valence-corrected chi connectivity index (χ1v) is 43.6. The highest BCUT2D eigenvalue weighted by Crippen LogP contribution is 2.15. The molecule has 0 aliphatic rings. The highest BCUT2D eigenvalue weighted by atomic mass is 32.1. The van der Waals surface area contributed by atoms with E-state index < -0.39 is 0 Å². The number of nitrogens with one attached hydrogen (secondary N) is 14. The van der Waals surface area contributed by atoms with Gasteiger partial charge in [-0.3, -0.25) is 71.7 Å². The Kier molecular flexibility index (Phi) is 59.7. The Bertz CT molecular complexity index is 5210. The van der Waals surface area contributed by atoms with Crippen molar-refractivity contribution in [1.82, 2.24) is 84.8 Å². The van der Waals surface area contributed by atoms with E-state index in [9.17, 15) is 0 Å². The van der Waals surface area contributed by atoms with Gasteiger partial charge in [0.25, 0.3) is 0 Å². The average molecular weight is 1930 g/mol. The van der Waals surface area contributed by atoms with Gasteiger partial charge in [-0.15, -0.1) is 0 Å². The van der Waals surface area contributed by atoms with Gasteiger partial charge in [0.2, 0.25) is 35.8 Å². The Morgan fingerprint density at radius 1 is 0.348 bits per heavy atom. The van der Waals surface area contributed by atoms with Gasteiger partial charge in [0.05, 0.1) is 6.54 Å². The molecule has 756 valence electrons. The maximum Gasteiger partial charge on any atom is 0.223 e. The molecule has 0 bridgehead atoms. The van der Waals surface area contributed by atoms with E-state index in [-0.39, 0.29) is 83.4 Å². The van der Waals surface area contributed by atoms with Gasteiger partial charge >= 0.3 is 0 Å². The topological polar surface area (TPSA) is 910 Å². The van der Waals surface area contributed by atoms with E-state index in [1.54, 1.807) is 89.5 Å². The zero-order chi connectivity index (χ0) is 103. The van der Waals surface area contributed by atoms with Crippen LogP contribution in [0.3, 0.4) is 0 Å². The summed E-state index contributed by atoms with van der Waals surface area (Å²) in [5, 5.41) is 39.5. The van der Waals surface area contributed by atoms with E-state index in [4.69, 9.17) is 125 Å². The first kappa shape index (κ1) is 119. The van der Waals surface area contributed by atoms with Crippen molar-refractivity contribution in [2.24, 2.45) is 173 Å². The molecule has 0 atom stereocenters. The van der Waals surface area contributed by atoms with Crippen LogP contribution in [0, 0.1) is 28.6 Å². The van der Waals surface area contributed by atoms with Crippen molar-refractivity contribution in [3.8, 4) is 0 Å². The molecule has 0 amide bonds. The molecule has 0 aromatic carbocycles. The largest absolute Gasteiger partial charge is 0.370 e. The van der Waals surface area contributed by atoms with Crippen LogP contribution in [-0.2, 0) is 57.9 Å². The highest BCUT2D eigenvalue weighted by Gasteiger charge is 2.14. The summed E-state index contributed by atoms with van der Waals surface area (Å²) >= 11 is 1.66. The van der Waals surface area contributed by atoms with Crippen LogP contribution in [0.2, 0.25) is 0 Å². The Balaban J connectivity index is 0.000000776. The van der Waals surface area contributed by atoms with E-state index in [0.29, 0.717) is 63.1 Å². The minimum absolute atomic E-state index is 0.00275. The molecule has 138 heavy (non-hydrogen) atoms. The SMILES string of the molecule is CN(C(=N)N)C(N)=NCCc1ccc[nH]1.CN(CCc1ccc[nH]1)C(=N)N(C)C(=N)N.CN(CCc1ccc[nH]1)C(=N)N=C(N)N.CN=C(N)N=C(N)N(C)CCc1ccc[nH]1.CN=C(N)NC(N)=NCCc1ccc[nH]1.CN=C(N=C(N)N)N(C)CCc1ccc[nH]1.CN=C(N=C(N)N)NCCc1ccc[nH]1.Cc1cscc1CN=C(N)N=C(N)N(C)C.NC(N)=NC(N)=NCCc1ccc[nH]1. The number of hydrogen-bond donors (Lipinski definition) is 32. The van der Waals surface area contributed by atoms with Gasteiger partial charge in [0.15, 0.2) is 71.5 Å². The van der Waals surface area contributed by atoms with Crippen LogP contribution in [0.1, 0.15) is 56.7 Å². The molecule has 9 rings (SSSR count). The van der Waals surface area contributed by atoms with E-state index in [2.05, 4.69) is 138 Å². The van der Waals surface area contributed by atoms with E-state index in [1.165, 1.54) is 26.6 Å². The third kappa shape index (κ3) is 57.0. The molecule has 9 aromatic rings. The molecular weight excluding hydrogens is 1780 g/mol. The molecule has 0 saturated heterocycles. The fourth-order valence-electron chi connectivity index (χ4n) is 10.1. The van der Waals surface area contributed by atoms with Crippen LogP contribution in [-0.4, -0.2) is 318 Å². The number of aliphatic imine (C=N–C) groups is 14. The second-order valence-corrected chi connectivity index (χ2v) is 29.8. The van der Waals surface area contributed by atoms with Crippen LogP contribution in [0.25, 0.3) is 0 Å². The smallest absolute Gasteiger partial charge is 0.223 e. The number of nitrogens with two attached hydrogens (primary N) is 18. The summed E-state index contributed by atoms with van der Waals surface area (Å²) in [5.74, 6) is 2.90. The molecule has 9 heterocycles. The average Bonchev–Trinajstić information content (AvgIpc) is 1.56. The van der Waals surface area contributed by atoms with E-state index in [0.717, 1.165) is 111 Å². The van der Waals surface area contributed by atoms with Gasteiger partial charge in [0.1, 0.15) is 0 Å². The van der Waals surface area contributed by atoms with Crippen molar-refractivity contribution >= 4 is 119 Å². The number of aromatic amines is 8. The normalized spacial score (nSPS) is 11.5. The van der Waals surface area contributed by atoms with E-state index >= 15 is 0 Å². The second-order valence-electron chi connectivity index (χ2n) is 29.1. The summed E-state index contributed by atoms with van der Waals surface area (Å²) in [5.41, 5.74) is 108. The van der Waals surface area contributed by atoms with Crippen molar-refractivity contribution in [2.75, 3.05) is 137 Å². The summed E-state index contributed by atoms with van der Waals surface area (Å²) in [4.78, 5) is 90.8. The molecule has 53 nitrogen and oxygen atoms in total. The Morgan fingerprint density at radius 3 is 1.09 bits per heavy atom. The van der Waals surface area contributed by atoms with Crippen LogP contribution in [0.15, 0.2) is 227 Å². The van der Waals surface area contributed by atoms with Crippen LogP contribution >= 0.6 is 11.3 Å². The third-order valence-electron chi connectivity index (χ3n) is 18.0. The van der Waals surface area contributed by atoms with Gasteiger partial charge in [-0.25, -0.2) is 4.99 Å². The Labute approximate surface area is 810 Å². The minimum Gasteiger partial charge on any atom is -0.370 e. The number of thiophene rings is 1. The second kappa shape index (κ2) is 69.5. The van der Waals surface area contributed by atoms with Crippen molar-refractivity contribution in [1.29, 1.82) is 21.6 Å². The molecule has 0 spiro atoms. The Morgan fingerprint density at radius 2 is 0.725 bits per heavy atom. The summed E-state index contributed by atoms with van der Waals surface area (Å²) in [7, 11) is 20.6. The number of aryl methyl sites for hydroxylation is 1. The predicted molar refractivity (Wildman–Crippen MR) is 568 cm³/mol. The molecule has 54 heteroatoms. The van der Waals surface area contributed by atoms with Gasteiger partial charge in [-0.05, 0) is 126 Å². The molecular formula is C84H149N53S. The van der Waals surface area contributed by atoms with Gasteiger partial charge < -0.3 is 173 Å². The van der Waals surface area contributed by atoms with Crippen LogP contribution in [0.4, 0.5) is 0 Å². The zero-order valence-corrected chi connectivity index (χ0v) is 82.0. The van der Waals surface area contributed by atoms with Crippen molar-refractivity contribution in [3.63, 3.8) is 0 Å². The molecule has 0 aliphatic heterocycles. The fourth-order valence-corrected chi connectivity index (χ4v) is 10.9. The van der Waals surface area contributed by atoms with Gasteiger partial charge in [-0.2, -0.15) is 41.3 Å². The minimum atomic E-state index is -0.128. The number of H-pyrrole nitrogens is 8. The number of nitrogens with zero attached hydrogens (tertiary/aromatic N) is 21. The van der Waals surface area contributed by atoms with Gasteiger partial charge in [-0.1, -0.05) is 0 Å².